The monoisotopic (exact) mass is 286 g/mol. The molecule has 3 aromatic rings. The van der Waals surface area contributed by atoms with E-state index >= 15 is 0 Å². The number of nitrogen functional groups attached to an aromatic ring is 1. The lowest BCUT2D eigenvalue weighted by molar-refractivity contribution is 0.415. The Balaban J connectivity index is 1.94. The summed E-state index contributed by atoms with van der Waals surface area (Å²) in [6, 6.07) is 7.70. The molecule has 3 N–H and O–H groups in total. The molecule has 3 rings (SSSR count). The van der Waals surface area contributed by atoms with Gasteiger partial charge >= 0.3 is 0 Å². The first kappa shape index (κ1) is 12.7. The van der Waals surface area contributed by atoms with Crippen molar-refractivity contribution >= 4 is 38.2 Å². The first-order chi connectivity index (χ1) is 9.65. The number of ether oxygens (including phenoxy) is 1. The van der Waals surface area contributed by atoms with E-state index in [0.29, 0.717) is 5.69 Å². The number of nitrogens with zero attached hydrogens (tertiary/aromatic N) is 2. The summed E-state index contributed by atoms with van der Waals surface area (Å²) < 4.78 is 6.28. The van der Waals surface area contributed by atoms with Crippen LogP contribution in [0.5, 0.6) is 5.75 Å². The molecule has 0 aliphatic rings. The lowest BCUT2D eigenvalue weighted by atomic mass is 10.3. The first-order valence-electron chi connectivity index (χ1n) is 6.09. The van der Waals surface area contributed by atoms with Crippen molar-refractivity contribution in [1.29, 1.82) is 0 Å². The second-order valence-corrected chi connectivity index (χ2v) is 5.44. The molecule has 0 aliphatic carbocycles. The smallest absolute Gasteiger partial charge is 0.189 e. The van der Waals surface area contributed by atoms with Crippen molar-refractivity contribution in [2.24, 2.45) is 0 Å². The van der Waals surface area contributed by atoms with Gasteiger partial charge in [0.05, 0.1) is 29.2 Å². The SMILES string of the molecule is COc1ccc2nc(Nc3ncc(N)cc3C)sc2c1. The summed E-state index contributed by atoms with van der Waals surface area (Å²) in [5.74, 6) is 1.60. The summed E-state index contributed by atoms with van der Waals surface area (Å²) >= 11 is 1.56. The number of aryl methyl sites for hydroxylation is 1. The summed E-state index contributed by atoms with van der Waals surface area (Å²) in [6.07, 6.45) is 1.63. The number of methoxy groups -OCH3 is 1. The maximum absolute atomic E-state index is 5.70. The summed E-state index contributed by atoms with van der Waals surface area (Å²) in [6.45, 7) is 1.96. The van der Waals surface area contributed by atoms with Gasteiger partial charge < -0.3 is 15.8 Å². The van der Waals surface area contributed by atoms with Crippen LogP contribution in [0.2, 0.25) is 0 Å². The predicted octanol–water partition coefficient (Wildman–Crippen LogP) is 3.33. The van der Waals surface area contributed by atoms with Crippen molar-refractivity contribution in [2.45, 2.75) is 6.92 Å². The Morgan fingerprint density at radius 2 is 2.15 bits per heavy atom. The van der Waals surface area contributed by atoms with Crippen LogP contribution in [0, 0.1) is 6.92 Å². The van der Waals surface area contributed by atoms with E-state index in [-0.39, 0.29) is 0 Å². The zero-order valence-corrected chi connectivity index (χ0v) is 12.0. The fraction of sp³-hybridized carbons (Fsp3) is 0.143. The van der Waals surface area contributed by atoms with Crippen LogP contribution in [0.3, 0.4) is 0 Å². The minimum absolute atomic E-state index is 0.655. The molecule has 0 saturated heterocycles. The highest BCUT2D eigenvalue weighted by Gasteiger charge is 2.07. The van der Waals surface area contributed by atoms with Gasteiger partial charge in [-0.15, -0.1) is 0 Å². The van der Waals surface area contributed by atoms with E-state index in [1.807, 2.05) is 31.2 Å². The lowest BCUT2D eigenvalue weighted by Crippen LogP contribution is -1.97. The van der Waals surface area contributed by atoms with Crippen LogP contribution < -0.4 is 15.8 Å². The normalized spacial score (nSPS) is 10.7. The van der Waals surface area contributed by atoms with Gasteiger partial charge in [0.25, 0.3) is 0 Å². The number of nitrogens with one attached hydrogen (secondary N) is 1. The van der Waals surface area contributed by atoms with E-state index in [0.717, 1.165) is 32.5 Å². The van der Waals surface area contributed by atoms with Crippen molar-refractivity contribution in [3.05, 3.63) is 36.0 Å². The minimum atomic E-state index is 0.655. The molecule has 0 saturated carbocycles. The van der Waals surface area contributed by atoms with Gasteiger partial charge in [0.15, 0.2) is 5.13 Å². The molecule has 1 aromatic carbocycles. The minimum Gasteiger partial charge on any atom is -0.497 e. The number of rotatable bonds is 3. The molecule has 5 nitrogen and oxygen atoms in total. The third kappa shape index (κ3) is 2.37. The van der Waals surface area contributed by atoms with Gasteiger partial charge in [0.2, 0.25) is 0 Å². The molecule has 0 atom stereocenters. The van der Waals surface area contributed by atoms with Crippen molar-refractivity contribution < 1.29 is 4.74 Å². The molecule has 2 aromatic heterocycles. The Morgan fingerprint density at radius 3 is 2.90 bits per heavy atom. The zero-order valence-electron chi connectivity index (χ0n) is 11.2. The second kappa shape index (κ2) is 4.97. The first-order valence-corrected chi connectivity index (χ1v) is 6.91. The molecule has 20 heavy (non-hydrogen) atoms. The van der Waals surface area contributed by atoms with Gasteiger partial charge in [-0.2, -0.15) is 0 Å². The third-order valence-corrected chi connectivity index (χ3v) is 3.85. The molecule has 0 unspecified atom stereocenters. The molecule has 2 heterocycles. The number of aromatic nitrogens is 2. The summed E-state index contributed by atoms with van der Waals surface area (Å²) in [5.41, 5.74) is 8.28. The highest BCUT2D eigenvalue weighted by Crippen LogP contribution is 2.31. The Morgan fingerprint density at radius 1 is 1.30 bits per heavy atom. The highest BCUT2D eigenvalue weighted by molar-refractivity contribution is 7.22. The maximum Gasteiger partial charge on any atom is 0.189 e. The molecular weight excluding hydrogens is 272 g/mol. The van der Waals surface area contributed by atoms with E-state index in [2.05, 4.69) is 15.3 Å². The standard InChI is InChI=1S/C14H14N4OS/c1-8-5-9(15)7-16-13(8)18-14-17-11-4-3-10(19-2)6-12(11)20-14/h3-7H,15H2,1-2H3,(H,16,17,18). The number of anilines is 3. The number of benzene rings is 1. The average Bonchev–Trinajstić information content (AvgIpc) is 2.83. The van der Waals surface area contributed by atoms with Crippen molar-refractivity contribution in [2.75, 3.05) is 18.2 Å². The van der Waals surface area contributed by atoms with Crippen molar-refractivity contribution in [3.8, 4) is 5.75 Å². The van der Waals surface area contributed by atoms with E-state index in [4.69, 9.17) is 10.5 Å². The van der Waals surface area contributed by atoms with Crippen LogP contribution >= 0.6 is 11.3 Å². The van der Waals surface area contributed by atoms with Gasteiger partial charge in [-0.25, -0.2) is 9.97 Å². The molecule has 0 fully saturated rings. The van der Waals surface area contributed by atoms with Gasteiger partial charge in [-0.05, 0) is 36.8 Å². The van der Waals surface area contributed by atoms with Crippen LogP contribution in [0.15, 0.2) is 30.5 Å². The van der Waals surface area contributed by atoms with Gasteiger partial charge in [0.1, 0.15) is 11.6 Å². The molecule has 0 amide bonds. The molecule has 0 aliphatic heterocycles. The van der Waals surface area contributed by atoms with E-state index in [1.165, 1.54) is 0 Å². The molecule has 6 heteroatoms. The van der Waals surface area contributed by atoms with Crippen LogP contribution in [0.4, 0.5) is 16.6 Å². The number of fused-ring (bicyclic) bond motifs is 1. The Bertz CT molecular complexity index is 769. The predicted molar refractivity (Wildman–Crippen MR) is 82.8 cm³/mol. The topological polar surface area (TPSA) is 73.1 Å². The Hall–Kier alpha value is -2.34. The second-order valence-electron chi connectivity index (χ2n) is 4.41. The number of pyridine rings is 1. The quantitative estimate of drug-likeness (QED) is 0.772. The molecule has 0 spiro atoms. The molecule has 0 radical (unpaired) electrons. The van der Waals surface area contributed by atoms with Crippen LogP contribution in [-0.2, 0) is 0 Å². The summed E-state index contributed by atoms with van der Waals surface area (Å²) in [5, 5.41) is 4.03. The fourth-order valence-electron chi connectivity index (χ4n) is 1.91. The maximum atomic E-state index is 5.70. The number of nitrogens with two attached hydrogens (primary N) is 1. The number of thiazole rings is 1. The fourth-order valence-corrected chi connectivity index (χ4v) is 2.81. The van der Waals surface area contributed by atoms with Crippen molar-refractivity contribution in [1.82, 2.24) is 9.97 Å². The van der Waals surface area contributed by atoms with Crippen LogP contribution in [-0.4, -0.2) is 17.1 Å². The number of hydrogen-bond donors (Lipinski definition) is 2. The van der Waals surface area contributed by atoms with Gasteiger partial charge in [-0.3, -0.25) is 0 Å². The van der Waals surface area contributed by atoms with E-state index in [9.17, 15) is 0 Å². The molecular formula is C14H14N4OS. The third-order valence-electron chi connectivity index (χ3n) is 2.92. The van der Waals surface area contributed by atoms with Gasteiger partial charge in [-0.1, -0.05) is 11.3 Å². The molecule has 102 valence electrons. The number of hydrogen-bond acceptors (Lipinski definition) is 6. The Kier molecular flexibility index (Phi) is 3.15. The highest BCUT2D eigenvalue weighted by atomic mass is 32.1. The van der Waals surface area contributed by atoms with E-state index < -0.39 is 0 Å². The Labute approximate surface area is 120 Å². The van der Waals surface area contributed by atoms with Gasteiger partial charge in [0, 0.05) is 0 Å². The van der Waals surface area contributed by atoms with Crippen molar-refractivity contribution in [3.63, 3.8) is 0 Å². The van der Waals surface area contributed by atoms with E-state index in [1.54, 1.807) is 24.6 Å². The average molecular weight is 286 g/mol. The summed E-state index contributed by atoms with van der Waals surface area (Å²) in [7, 11) is 1.66. The zero-order chi connectivity index (χ0) is 14.1. The largest absolute Gasteiger partial charge is 0.497 e. The summed E-state index contributed by atoms with van der Waals surface area (Å²) in [4.78, 5) is 8.81. The van der Waals surface area contributed by atoms with Crippen LogP contribution in [0.1, 0.15) is 5.56 Å². The lowest BCUT2D eigenvalue weighted by Gasteiger charge is -2.05. The van der Waals surface area contributed by atoms with Crippen LogP contribution in [0.25, 0.3) is 10.2 Å². The molecule has 0 bridgehead atoms.